The third-order valence-corrected chi connectivity index (χ3v) is 5.82. The molecule has 0 atom stereocenters. The Labute approximate surface area is 117 Å². The van der Waals surface area contributed by atoms with E-state index in [1.54, 1.807) is 11.8 Å². The second-order valence-corrected chi connectivity index (χ2v) is 7.12. The predicted octanol–water partition coefficient (Wildman–Crippen LogP) is 4.14. The van der Waals surface area contributed by atoms with Crippen molar-refractivity contribution < 1.29 is 4.74 Å². The van der Waals surface area contributed by atoms with E-state index in [1.165, 1.54) is 56.7 Å². The number of unbranched alkanes of at least 4 members (excludes halogenated alkanes) is 1. The molecule has 1 aromatic heterocycles. The molecule has 2 aliphatic carbocycles. The van der Waals surface area contributed by atoms with Gasteiger partial charge in [-0.15, -0.1) is 4.37 Å². The van der Waals surface area contributed by atoms with E-state index in [0.717, 1.165) is 22.6 Å². The van der Waals surface area contributed by atoms with Gasteiger partial charge >= 0.3 is 0 Å². The van der Waals surface area contributed by atoms with Gasteiger partial charge < -0.3 is 4.74 Å². The van der Waals surface area contributed by atoms with Crippen molar-refractivity contribution in [2.75, 3.05) is 5.75 Å². The molecule has 2 aliphatic rings. The Kier molecular flexibility index (Phi) is 3.80. The zero-order valence-corrected chi connectivity index (χ0v) is 12.5. The van der Waals surface area contributed by atoms with Gasteiger partial charge in [-0.3, -0.25) is 0 Å². The summed E-state index contributed by atoms with van der Waals surface area (Å²) in [5, 5.41) is 1.01. The molecule has 3 nitrogen and oxygen atoms in total. The molecule has 2 saturated carbocycles. The lowest BCUT2D eigenvalue weighted by Crippen LogP contribution is -2.30. The van der Waals surface area contributed by atoms with E-state index in [1.807, 2.05) is 0 Å². The van der Waals surface area contributed by atoms with Gasteiger partial charge in [0.25, 0.3) is 5.88 Å². The number of rotatable bonds is 6. The Morgan fingerprint density at radius 1 is 1.39 bits per heavy atom. The second-order valence-electron chi connectivity index (χ2n) is 5.51. The number of nitrogens with zero attached hydrogens (tertiary/aromatic N) is 2. The Balaban J connectivity index is 1.64. The zero-order chi connectivity index (χ0) is 12.4. The van der Waals surface area contributed by atoms with E-state index in [4.69, 9.17) is 4.74 Å². The summed E-state index contributed by atoms with van der Waals surface area (Å²) in [6, 6.07) is 0. The van der Waals surface area contributed by atoms with Gasteiger partial charge in [-0.1, -0.05) is 25.1 Å². The van der Waals surface area contributed by atoms with Gasteiger partial charge in [0.2, 0.25) is 0 Å². The molecular weight excluding hydrogens is 264 g/mol. The summed E-state index contributed by atoms with van der Waals surface area (Å²) in [6.45, 7) is 2.22. The van der Waals surface area contributed by atoms with Crippen LogP contribution in [0.1, 0.15) is 51.9 Å². The van der Waals surface area contributed by atoms with Crippen molar-refractivity contribution >= 4 is 23.5 Å². The number of hydrogen-bond acceptors (Lipinski definition) is 5. The number of hydrogen-bond donors (Lipinski definition) is 0. The molecule has 100 valence electrons. The summed E-state index contributed by atoms with van der Waals surface area (Å²) in [5.41, 5.74) is 0.112. The predicted molar refractivity (Wildman–Crippen MR) is 75.5 cm³/mol. The fourth-order valence-electron chi connectivity index (χ4n) is 3.12. The zero-order valence-electron chi connectivity index (χ0n) is 10.9. The van der Waals surface area contributed by atoms with Crippen molar-refractivity contribution in [2.24, 2.45) is 5.92 Å². The molecule has 18 heavy (non-hydrogen) atoms. The van der Waals surface area contributed by atoms with Crippen LogP contribution in [0, 0.1) is 5.92 Å². The maximum atomic E-state index is 6.27. The molecule has 2 fully saturated rings. The van der Waals surface area contributed by atoms with Crippen LogP contribution in [0.2, 0.25) is 0 Å². The van der Waals surface area contributed by atoms with Crippen LogP contribution in [0.4, 0.5) is 0 Å². The fraction of sp³-hybridized carbons (Fsp3) is 0.846. The highest BCUT2D eigenvalue weighted by Crippen LogP contribution is 2.50. The highest BCUT2D eigenvalue weighted by molar-refractivity contribution is 7.99. The van der Waals surface area contributed by atoms with Gasteiger partial charge in [-0.05, 0) is 50.2 Å². The van der Waals surface area contributed by atoms with Crippen molar-refractivity contribution in [1.82, 2.24) is 8.75 Å². The van der Waals surface area contributed by atoms with Crippen LogP contribution < -0.4 is 4.74 Å². The van der Waals surface area contributed by atoms with Gasteiger partial charge in [0, 0.05) is 0 Å². The number of ether oxygens (including phenoxy) is 1. The van der Waals surface area contributed by atoms with E-state index in [2.05, 4.69) is 15.7 Å². The van der Waals surface area contributed by atoms with Gasteiger partial charge in [-0.2, -0.15) is 4.37 Å². The van der Waals surface area contributed by atoms with E-state index in [9.17, 15) is 0 Å². The van der Waals surface area contributed by atoms with Crippen LogP contribution in [0.15, 0.2) is 5.03 Å². The van der Waals surface area contributed by atoms with Gasteiger partial charge in [0.05, 0.1) is 11.7 Å². The van der Waals surface area contributed by atoms with Crippen molar-refractivity contribution in [3.63, 3.8) is 0 Å². The first-order valence-electron chi connectivity index (χ1n) is 6.96. The normalized spacial score (nSPS) is 29.9. The Bertz CT molecular complexity index is 399. The average Bonchev–Trinajstić information content (AvgIpc) is 3.06. The maximum Gasteiger partial charge on any atom is 0.260 e. The lowest BCUT2D eigenvalue weighted by molar-refractivity contribution is 0.0721. The van der Waals surface area contributed by atoms with Crippen LogP contribution in [0.3, 0.4) is 0 Å². The van der Waals surface area contributed by atoms with E-state index >= 15 is 0 Å². The Morgan fingerprint density at radius 3 is 2.89 bits per heavy atom. The average molecular weight is 284 g/mol. The lowest BCUT2D eigenvalue weighted by Gasteiger charge is -2.26. The standard InChI is InChI=1S/C13H20N2OS2/c1-2-3-8-17-12-11(14-18-15-12)16-13-6-4-10(9-13)5-7-13/h10H,2-9H2,1H3. The molecule has 0 unspecified atom stereocenters. The highest BCUT2D eigenvalue weighted by Gasteiger charge is 2.47. The van der Waals surface area contributed by atoms with Crippen molar-refractivity contribution in [3.05, 3.63) is 0 Å². The highest BCUT2D eigenvalue weighted by atomic mass is 32.2. The molecule has 1 aromatic rings. The first-order chi connectivity index (χ1) is 8.81. The van der Waals surface area contributed by atoms with Crippen molar-refractivity contribution in [2.45, 2.75) is 62.5 Å². The summed E-state index contributed by atoms with van der Waals surface area (Å²) in [4.78, 5) is 0. The van der Waals surface area contributed by atoms with Gasteiger partial charge in [0.15, 0.2) is 5.03 Å². The van der Waals surface area contributed by atoms with Crippen LogP contribution in [0.25, 0.3) is 0 Å². The van der Waals surface area contributed by atoms with Crippen LogP contribution >= 0.6 is 23.5 Å². The largest absolute Gasteiger partial charge is 0.468 e. The molecule has 0 N–H and O–H groups in total. The summed E-state index contributed by atoms with van der Waals surface area (Å²) >= 11 is 3.08. The van der Waals surface area contributed by atoms with E-state index < -0.39 is 0 Å². The molecule has 0 saturated heterocycles. The molecule has 1 heterocycles. The Morgan fingerprint density at radius 2 is 2.22 bits per heavy atom. The number of fused-ring (bicyclic) bond motifs is 2. The SMILES string of the molecule is CCCCSc1nsnc1OC12CCC(CC1)C2. The van der Waals surface area contributed by atoms with Gasteiger partial charge in [-0.25, -0.2) is 0 Å². The molecule has 0 amide bonds. The van der Waals surface area contributed by atoms with Gasteiger partial charge in [0.1, 0.15) is 5.60 Å². The third-order valence-electron chi connectivity index (χ3n) is 4.16. The molecule has 3 rings (SSSR count). The number of thioether (sulfide) groups is 1. The molecule has 0 aliphatic heterocycles. The minimum atomic E-state index is 0.112. The maximum absolute atomic E-state index is 6.27. The first-order valence-corrected chi connectivity index (χ1v) is 8.67. The minimum Gasteiger partial charge on any atom is -0.468 e. The van der Waals surface area contributed by atoms with Crippen molar-refractivity contribution in [1.29, 1.82) is 0 Å². The topological polar surface area (TPSA) is 35.0 Å². The molecule has 2 bridgehead atoms. The minimum absolute atomic E-state index is 0.112. The van der Waals surface area contributed by atoms with Crippen molar-refractivity contribution in [3.8, 4) is 5.88 Å². The van der Waals surface area contributed by atoms with E-state index in [-0.39, 0.29) is 5.60 Å². The van der Waals surface area contributed by atoms with E-state index in [0.29, 0.717) is 0 Å². The summed E-state index contributed by atoms with van der Waals surface area (Å²) in [5.74, 6) is 2.84. The summed E-state index contributed by atoms with van der Waals surface area (Å²) in [6.07, 6.45) is 8.82. The molecule has 5 heteroatoms. The quantitative estimate of drug-likeness (QED) is 0.581. The van der Waals surface area contributed by atoms with Crippen LogP contribution in [-0.4, -0.2) is 20.1 Å². The molecule has 0 aromatic carbocycles. The van der Waals surface area contributed by atoms with Crippen LogP contribution in [-0.2, 0) is 0 Å². The molecular formula is C13H20N2OS2. The Hall–Kier alpha value is -0.290. The first kappa shape index (κ1) is 12.7. The van der Waals surface area contributed by atoms with Crippen LogP contribution in [0.5, 0.6) is 5.88 Å². The summed E-state index contributed by atoms with van der Waals surface area (Å²) in [7, 11) is 0. The smallest absolute Gasteiger partial charge is 0.260 e. The third kappa shape index (κ3) is 2.52. The molecule has 0 radical (unpaired) electrons. The summed E-state index contributed by atoms with van der Waals surface area (Å²) < 4.78 is 15.0. The monoisotopic (exact) mass is 284 g/mol. The number of aromatic nitrogens is 2. The lowest BCUT2D eigenvalue weighted by atomic mass is 9.97. The molecule has 0 spiro atoms. The second kappa shape index (κ2) is 5.37. The fourth-order valence-corrected chi connectivity index (χ4v) is 4.72.